The highest BCUT2D eigenvalue weighted by Gasteiger charge is 2.27. The summed E-state index contributed by atoms with van der Waals surface area (Å²) in [6.07, 6.45) is 6.02. The van der Waals surface area contributed by atoms with E-state index < -0.39 is 10.0 Å². The molecule has 2 aromatic carbocycles. The first kappa shape index (κ1) is 20.6. The Morgan fingerprint density at radius 1 is 0.933 bits per heavy atom. The number of nitrogens with one attached hydrogen (secondary N) is 1. The van der Waals surface area contributed by atoms with Crippen LogP contribution in [0.5, 0.6) is 0 Å². The van der Waals surface area contributed by atoms with Crippen molar-refractivity contribution in [2.75, 3.05) is 36.4 Å². The minimum Gasteiger partial charge on any atom is -0.364 e. The van der Waals surface area contributed by atoms with Crippen molar-refractivity contribution in [3.05, 3.63) is 66.2 Å². The van der Waals surface area contributed by atoms with E-state index >= 15 is 0 Å². The maximum Gasteiger partial charge on any atom is 0.255 e. The first-order valence-corrected chi connectivity index (χ1v) is 11.8. The van der Waals surface area contributed by atoms with E-state index in [4.69, 9.17) is 0 Å². The predicted octanol–water partition coefficient (Wildman–Crippen LogP) is 3.74. The van der Waals surface area contributed by atoms with E-state index in [1.807, 2.05) is 12.1 Å². The molecule has 1 fully saturated rings. The van der Waals surface area contributed by atoms with Gasteiger partial charge in [0, 0.05) is 43.1 Å². The average molecular weight is 426 g/mol. The predicted molar refractivity (Wildman–Crippen MR) is 119 cm³/mol. The Labute approximate surface area is 178 Å². The molecule has 4 rings (SSSR count). The summed E-state index contributed by atoms with van der Waals surface area (Å²) in [5.74, 6) is 0.344. The van der Waals surface area contributed by atoms with Gasteiger partial charge in [-0.1, -0.05) is 19.1 Å². The second-order valence-electron chi connectivity index (χ2n) is 7.99. The smallest absolute Gasteiger partial charge is 0.255 e. The molecule has 0 atom stereocenters. The molecule has 1 saturated heterocycles. The molecule has 0 aliphatic carbocycles. The molecule has 1 amide bonds. The molecule has 0 bridgehead atoms. The van der Waals surface area contributed by atoms with Gasteiger partial charge in [-0.25, -0.2) is 8.42 Å². The van der Waals surface area contributed by atoms with Crippen molar-refractivity contribution in [1.29, 1.82) is 0 Å². The van der Waals surface area contributed by atoms with Crippen molar-refractivity contribution in [3.8, 4) is 0 Å². The molecule has 2 aliphatic rings. The Bertz CT molecular complexity index is 1010. The number of hydrogen-bond donors (Lipinski definition) is 1. The molecular weight excluding hydrogens is 398 g/mol. The molecule has 2 aliphatic heterocycles. The Kier molecular flexibility index (Phi) is 5.92. The number of carbonyl (C=O) groups is 1. The quantitative estimate of drug-likeness (QED) is 0.741. The molecule has 7 heteroatoms. The van der Waals surface area contributed by atoms with E-state index in [1.165, 1.54) is 0 Å². The molecule has 0 aromatic heterocycles. The molecule has 2 aromatic rings. The Morgan fingerprint density at radius 2 is 1.53 bits per heavy atom. The molecule has 6 nitrogen and oxygen atoms in total. The second-order valence-corrected chi connectivity index (χ2v) is 9.93. The first-order valence-electron chi connectivity index (χ1n) is 10.3. The highest BCUT2D eigenvalue weighted by molar-refractivity contribution is 7.89. The summed E-state index contributed by atoms with van der Waals surface area (Å²) >= 11 is 0. The van der Waals surface area contributed by atoms with Crippen LogP contribution in [0, 0.1) is 5.92 Å². The van der Waals surface area contributed by atoms with Crippen LogP contribution in [0.15, 0.2) is 65.6 Å². The van der Waals surface area contributed by atoms with E-state index in [2.05, 4.69) is 29.3 Å². The van der Waals surface area contributed by atoms with Gasteiger partial charge in [-0.15, -0.1) is 0 Å². The summed E-state index contributed by atoms with van der Waals surface area (Å²) < 4.78 is 27.2. The van der Waals surface area contributed by atoms with E-state index in [0.717, 1.165) is 31.6 Å². The van der Waals surface area contributed by atoms with Crippen LogP contribution in [0.1, 0.15) is 30.1 Å². The van der Waals surface area contributed by atoms with Crippen molar-refractivity contribution in [3.63, 3.8) is 0 Å². The number of hydrogen-bond acceptors (Lipinski definition) is 4. The largest absolute Gasteiger partial charge is 0.364 e. The van der Waals surface area contributed by atoms with Gasteiger partial charge < -0.3 is 10.2 Å². The lowest BCUT2D eigenvalue weighted by Crippen LogP contribution is -2.37. The van der Waals surface area contributed by atoms with Gasteiger partial charge in [0.25, 0.3) is 5.91 Å². The van der Waals surface area contributed by atoms with Crippen LogP contribution in [0.25, 0.3) is 0 Å². The zero-order valence-corrected chi connectivity index (χ0v) is 17.9. The number of rotatable bonds is 5. The molecule has 2 heterocycles. The van der Waals surface area contributed by atoms with Gasteiger partial charge in [-0.05, 0) is 67.3 Å². The molecule has 0 radical (unpaired) electrons. The van der Waals surface area contributed by atoms with Gasteiger partial charge in [0.15, 0.2) is 0 Å². The summed E-state index contributed by atoms with van der Waals surface area (Å²) in [4.78, 5) is 15.0. The maximum absolute atomic E-state index is 12.8. The van der Waals surface area contributed by atoms with Crippen molar-refractivity contribution < 1.29 is 13.2 Å². The van der Waals surface area contributed by atoms with Crippen molar-refractivity contribution >= 4 is 27.3 Å². The zero-order chi connectivity index (χ0) is 21.1. The lowest BCUT2D eigenvalue weighted by Gasteiger charge is -2.29. The highest BCUT2D eigenvalue weighted by atomic mass is 32.2. The van der Waals surface area contributed by atoms with Crippen LogP contribution in [-0.4, -0.2) is 44.8 Å². The summed E-state index contributed by atoms with van der Waals surface area (Å²) in [6, 6.07) is 13.9. The fraction of sp³-hybridized carbons (Fsp3) is 0.348. The van der Waals surface area contributed by atoms with E-state index in [-0.39, 0.29) is 10.8 Å². The Balaban J connectivity index is 1.40. The molecule has 30 heavy (non-hydrogen) atoms. The van der Waals surface area contributed by atoms with Gasteiger partial charge in [-0.3, -0.25) is 4.79 Å². The van der Waals surface area contributed by atoms with Gasteiger partial charge in [-0.2, -0.15) is 4.31 Å². The van der Waals surface area contributed by atoms with Crippen molar-refractivity contribution in [2.24, 2.45) is 5.92 Å². The van der Waals surface area contributed by atoms with Crippen LogP contribution < -0.4 is 10.2 Å². The Hall–Kier alpha value is -2.64. The fourth-order valence-corrected chi connectivity index (χ4v) is 5.27. The molecular formula is C23H27N3O3S. The van der Waals surface area contributed by atoms with E-state index in [1.54, 1.807) is 40.7 Å². The second kappa shape index (κ2) is 8.62. The molecule has 0 saturated carbocycles. The van der Waals surface area contributed by atoms with Crippen LogP contribution in [0.3, 0.4) is 0 Å². The minimum atomic E-state index is -3.48. The molecule has 158 valence electrons. The average Bonchev–Trinajstić information content (AvgIpc) is 3.29. The van der Waals surface area contributed by atoms with Crippen LogP contribution >= 0.6 is 0 Å². The number of anilines is 2. The van der Waals surface area contributed by atoms with Crippen LogP contribution in [0.4, 0.5) is 11.4 Å². The summed E-state index contributed by atoms with van der Waals surface area (Å²) in [7, 11) is -3.48. The van der Waals surface area contributed by atoms with Crippen LogP contribution in [0.2, 0.25) is 0 Å². The lowest BCUT2D eigenvalue weighted by atomic mass is 10.0. The minimum absolute atomic E-state index is 0.221. The van der Waals surface area contributed by atoms with Crippen LogP contribution in [-0.2, 0) is 10.0 Å². The van der Waals surface area contributed by atoms with Gasteiger partial charge in [0.05, 0.1) is 4.90 Å². The molecule has 0 unspecified atom stereocenters. The van der Waals surface area contributed by atoms with Crippen molar-refractivity contribution in [1.82, 2.24) is 4.31 Å². The monoisotopic (exact) mass is 425 g/mol. The fourth-order valence-electron chi connectivity index (χ4n) is 3.80. The highest BCUT2D eigenvalue weighted by Crippen LogP contribution is 2.24. The third-order valence-electron chi connectivity index (χ3n) is 5.81. The standard InChI is InChI=1S/C23H27N3O3S/c1-18-12-16-26(17-13-18)30(28,29)22-10-6-20(7-11-22)24-23(27)19-4-8-21(9-5-19)25-14-2-3-15-25/h2-11,18H,12-17H2,1H3,(H,24,27). The van der Waals surface area contributed by atoms with Gasteiger partial charge >= 0.3 is 0 Å². The number of sulfonamides is 1. The Morgan fingerprint density at radius 3 is 2.13 bits per heavy atom. The molecule has 0 spiro atoms. The normalized spacial score (nSPS) is 18.0. The summed E-state index contributed by atoms with van der Waals surface area (Å²) in [5.41, 5.74) is 2.21. The number of amides is 1. The number of benzene rings is 2. The lowest BCUT2D eigenvalue weighted by molar-refractivity contribution is 0.102. The number of carbonyl (C=O) groups excluding carboxylic acids is 1. The SMILES string of the molecule is CC1CCN(S(=O)(=O)c2ccc(NC(=O)c3ccc(N4CC=CC4)cc3)cc2)CC1. The first-order chi connectivity index (χ1) is 14.4. The van der Waals surface area contributed by atoms with Gasteiger partial charge in [0.1, 0.15) is 0 Å². The third-order valence-corrected chi connectivity index (χ3v) is 7.72. The maximum atomic E-state index is 12.8. The third kappa shape index (κ3) is 4.42. The van der Waals surface area contributed by atoms with E-state index in [9.17, 15) is 13.2 Å². The van der Waals surface area contributed by atoms with E-state index in [0.29, 0.717) is 30.3 Å². The molecule has 1 N–H and O–H groups in total. The summed E-state index contributed by atoms with van der Waals surface area (Å²) in [6.45, 7) is 5.05. The zero-order valence-electron chi connectivity index (χ0n) is 17.1. The number of piperidine rings is 1. The number of nitrogens with zero attached hydrogens (tertiary/aromatic N) is 2. The summed E-state index contributed by atoms with van der Waals surface area (Å²) in [5, 5.41) is 2.84. The topological polar surface area (TPSA) is 69.7 Å². The van der Waals surface area contributed by atoms with Crippen molar-refractivity contribution in [2.45, 2.75) is 24.7 Å². The van der Waals surface area contributed by atoms with Gasteiger partial charge in [0.2, 0.25) is 10.0 Å².